The van der Waals surface area contributed by atoms with Crippen LogP contribution < -0.4 is 4.90 Å². The Bertz CT molecular complexity index is 419. The highest BCUT2D eigenvalue weighted by Crippen LogP contribution is 2.28. The van der Waals surface area contributed by atoms with Crippen LogP contribution in [-0.2, 0) is 0 Å². The Balaban J connectivity index is 2.25. The Hall–Kier alpha value is -0.580. The largest absolute Gasteiger partial charge is 0.395 e. The summed E-state index contributed by atoms with van der Waals surface area (Å²) in [6, 6.07) is 8.63. The number of rotatable bonds is 2. The number of hydrogen-bond acceptors (Lipinski definition) is 3. The van der Waals surface area contributed by atoms with Crippen molar-refractivity contribution in [1.29, 1.82) is 0 Å². The quantitative estimate of drug-likeness (QED) is 0.904. The van der Waals surface area contributed by atoms with Crippen LogP contribution in [0.25, 0.3) is 0 Å². The third-order valence-electron chi connectivity index (χ3n) is 3.75. The zero-order chi connectivity index (χ0) is 14.0. The van der Waals surface area contributed by atoms with Gasteiger partial charge in [-0.15, -0.1) is 0 Å². The number of likely N-dealkylation sites (N-methyl/N-ethyl adjacent to an activating group) is 1. The maximum Gasteiger partial charge on any atom is 0.0604 e. The molecule has 1 saturated heterocycles. The molecule has 1 unspecified atom stereocenters. The first-order valence-corrected chi connectivity index (χ1v) is 7.52. The van der Waals surface area contributed by atoms with Crippen LogP contribution >= 0.6 is 15.9 Å². The summed E-state index contributed by atoms with van der Waals surface area (Å²) in [5.41, 5.74) is 1.44. The van der Waals surface area contributed by atoms with Gasteiger partial charge in [0.05, 0.1) is 6.61 Å². The third kappa shape index (κ3) is 3.71. The Morgan fingerprint density at radius 2 is 1.89 bits per heavy atom. The predicted molar refractivity (Wildman–Crippen MR) is 83.6 cm³/mol. The molecule has 1 aliphatic rings. The van der Waals surface area contributed by atoms with Gasteiger partial charge in [-0.2, -0.15) is 0 Å². The van der Waals surface area contributed by atoms with Crippen LogP contribution in [0.1, 0.15) is 13.8 Å². The Labute approximate surface area is 124 Å². The van der Waals surface area contributed by atoms with Crippen molar-refractivity contribution in [3.8, 4) is 0 Å². The predicted octanol–water partition coefficient (Wildman–Crippen LogP) is 2.59. The van der Waals surface area contributed by atoms with E-state index < -0.39 is 0 Å². The van der Waals surface area contributed by atoms with E-state index in [0.29, 0.717) is 0 Å². The lowest BCUT2D eigenvalue weighted by Gasteiger charge is -2.31. The molecular weight excluding hydrogens is 304 g/mol. The molecule has 1 atom stereocenters. The van der Waals surface area contributed by atoms with E-state index in [2.05, 4.69) is 70.9 Å². The van der Waals surface area contributed by atoms with Gasteiger partial charge in [0.2, 0.25) is 0 Å². The van der Waals surface area contributed by atoms with E-state index in [1.165, 1.54) is 5.69 Å². The zero-order valence-corrected chi connectivity index (χ0v) is 13.5. The molecule has 0 aromatic heterocycles. The minimum atomic E-state index is 0.199. The SMILES string of the molecule is CN1CC(C)(C)CN(c2ccc(Br)cc2)CC1CO. The van der Waals surface area contributed by atoms with Crippen molar-refractivity contribution >= 4 is 21.6 Å². The normalized spacial score (nSPS) is 24.3. The molecule has 0 spiro atoms. The molecule has 1 aromatic carbocycles. The lowest BCUT2D eigenvalue weighted by Crippen LogP contribution is -2.41. The number of hydrogen-bond donors (Lipinski definition) is 1. The molecule has 1 fully saturated rings. The van der Waals surface area contributed by atoms with E-state index in [0.717, 1.165) is 24.1 Å². The lowest BCUT2D eigenvalue weighted by molar-refractivity contribution is 0.133. The first kappa shape index (κ1) is 14.8. The molecule has 0 bridgehead atoms. The summed E-state index contributed by atoms with van der Waals surface area (Å²) in [5, 5.41) is 9.59. The van der Waals surface area contributed by atoms with E-state index in [1.54, 1.807) is 0 Å². The van der Waals surface area contributed by atoms with Crippen molar-refractivity contribution in [1.82, 2.24) is 4.90 Å². The van der Waals surface area contributed by atoms with Gasteiger partial charge in [-0.1, -0.05) is 29.8 Å². The van der Waals surface area contributed by atoms with E-state index in [4.69, 9.17) is 0 Å². The first-order valence-electron chi connectivity index (χ1n) is 6.73. The minimum Gasteiger partial charge on any atom is -0.395 e. The minimum absolute atomic E-state index is 0.199. The highest BCUT2D eigenvalue weighted by molar-refractivity contribution is 9.10. The van der Waals surface area contributed by atoms with Crippen LogP contribution in [-0.4, -0.2) is 49.3 Å². The molecule has 0 amide bonds. The van der Waals surface area contributed by atoms with Gasteiger partial charge in [0.1, 0.15) is 0 Å². The van der Waals surface area contributed by atoms with Crippen LogP contribution in [0.5, 0.6) is 0 Å². The first-order chi connectivity index (χ1) is 8.91. The van der Waals surface area contributed by atoms with Gasteiger partial charge in [-0.3, -0.25) is 4.90 Å². The summed E-state index contributed by atoms with van der Waals surface area (Å²) in [6.07, 6.45) is 0. The van der Waals surface area contributed by atoms with Crippen molar-refractivity contribution in [2.45, 2.75) is 19.9 Å². The van der Waals surface area contributed by atoms with Crippen LogP contribution in [0, 0.1) is 5.41 Å². The van der Waals surface area contributed by atoms with Gasteiger partial charge in [0.15, 0.2) is 0 Å². The molecule has 3 nitrogen and oxygen atoms in total. The average molecular weight is 327 g/mol. The molecule has 1 aromatic rings. The monoisotopic (exact) mass is 326 g/mol. The van der Waals surface area contributed by atoms with Crippen LogP contribution in [0.4, 0.5) is 5.69 Å². The molecule has 0 aliphatic carbocycles. The van der Waals surface area contributed by atoms with Crippen molar-refractivity contribution in [2.75, 3.05) is 38.2 Å². The summed E-state index contributed by atoms with van der Waals surface area (Å²) < 4.78 is 1.10. The molecular formula is C15H23BrN2O. The van der Waals surface area contributed by atoms with E-state index in [1.807, 2.05) is 0 Å². The Morgan fingerprint density at radius 3 is 2.47 bits per heavy atom. The van der Waals surface area contributed by atoms with Gasteiger partial charge in [0, 0.05) is 35.8 Å². The van der Waals surface area contributed by atoms with Crippen molar-refractivity contribution < 1.29 is 5.11 Å². The van der Waals surface area contributed by atoms with Gasteiger partial charge < -0.3 is 10.0 Å². The highest BCUT2D eigenvalue weighted by Gasteiger charge is 2.32. The standard InChI is InChI=1S/C15H23BrN2O/c1-15(2)10-17(3)14(9-19)8-18(11-15)13-6-4-12(16)5-7-13/h4-7,14,19H,8-11H2,1-3H3. The lowest BCUT2D eigenvalue weighted by atomic mass is 9.92. The summed E-state index contributed by atoms with van der Waals surface area (Å²) in [5.74, 6) is 0. The van der Waals surface area contributed by atoms with Crippen LogP contribution in [0.15, 0.2) is 28.7 Å². The molecule has 106 valence electrons. The van der Waals surface area contributed by atoms with Gasteiger partial charge in [-0.05, 0) is 36.7 Å². The van der Waals surface area contributed by atoms with Crippen molar-refractivity contribution in [2.24, 2.45) is 5.41 Å². The summed E-state index contributed by atoms with van der Waals surface area (Å²) in [6.45, 7) is 7.67. The second-order valence-corrected chi connectivity index (χ2v) is 7.19. The smallest absolute Gasteiger partial charge is 0.0604 e. The zero-order valence-electron chi connectivity index (χ0n) is 11.9. The summed E-state index contributed by atoms with van der Waals surface area (Å²) in [7, 11) is 2.10. The highest BCUT2D eigenvalue weighted by atomic mass is 79.9. The number of halogens is 1. The second-order valence-electron chi connectivity index (χ2n) is 6.27. The van der Waals surface area contributed by atoms with E-state index in [-0.39, 0.29) is 18.1 Å². The summed E-state index contributed by atoms with van der Waals surface area (Å²) in [4.78, 5) is 4.66. The Morgan fingerprint density at radius 1 is 1.26 bits per heavy atom. The molecule has 0 saturated carbocycles. The number of benzene rings is 1. The van der Waals surface area contributed by atoms with E-state index >= 15 is 0 Å². The molecule has 1 N–H and O–H groups in total. The molecule has 1 heterocycles. The van der Waals surface area contributed by atoms with Gasteiger partial charge >= 0.3 is 0 Å². The Kier molecular flexibility index (Phi) is 4.54. The van der Waals surface area contributed by atoms with E-state index in [9.17, 15) is 5.11 Å². The molecule has 2 rings (SSSR count). The fourth-order valence-corrected chi connectivity index (χ4v) is 3.14. The molecule has 4 heteroatoms. The van der Waals surface area contributed by atoms with Gasteiger partial charge in [-0.25, -0.2) is 0 Å². The number of aliphatic hydroxyl groups is 1. The fraction of sp³-hybridized carbons (Fsp3) is 0.600. The fourth-order valence-electron chi connectivity index (χ4n) is 2.87. The molecule has 1 aliphatic heterocycles. The summed E-state index contributed by atoms with van der Waals surface area (Å²) >= 11 is 3.48. The van der Waals surface area contributed by atoms with Crippen molar-refractivity contribution in [3.05, 3.63) is 28.7 Å². The maximum absolute atomic E-state index is 9.59. The molecule has 19 heavy (non-hydrogen) atoms. The van der Waals surface area contributed by atoms with Crippen LogP contribution in [0.2, 0.25) is 0 Å². The average Bonchev–Trinajstić information content (AvgIpc) is 2.45. The molecule has 0 radical (unpaired) electrons. The maximum atomic E-state index is 9.59. The van der Waals surface area contributed by atoms with Crippen LogP contribution in [0.3, 0.4) is 0 Å². The number of aliphatic hydroxyl groups excluding tert-OH is 1. The third-order valence-corrected chi connectivity index (χ3v) is 4.28. The number of anilines is 1. The topological polar surface area (TPSA) is 26.7 Å². The number of nitrogens with zero attached hydrogens (tertiary/aromatic N) is 2. The van der Waals surface area contributed by atoms with Crippen molar-refractivity contribution in [3.63, 3.8) is 0 Å². The van der Waals surface area contributed by atoms with Gasteiger partial charge in [0.25, 0.3) is 0 Å². The second kappa shape index (κ2) is 5.81.